The Morgan fingerprint density at radius 2 is 1.93 bits per heavy atom. The van der Waals surface area contributed by atoms with Crippen molar-refractivity contribution >= 4 is 17.8 Å². The first-order valence-electron chi connectivity index (χ1n) is 4.59. The van der Waals surface area contributed by atoms with Gasteiger partial charge in [-0.05, 0) is 5.56 Å². The summed E-state index contributed by atoms with van der Waals surface area (Å²) in [4.78, 5) is 20.2. The number of allylic oxidation sites excluding steroid dienone is 1. The molecular weight excluding hydrogens is 192 g/mol. The standard InChI is InChI=1S/C10H8O.C2H4O2/c11-10-7-3-5-8-4-1-2-6-9(8)10;1-2(3)4/h1-6H,7H2;1H3,(H,3,4). The Balaban J connectivity index is 0.000000245. The molecule has 0 unspecified atom stereocenters. The number of rotatable bonds is 0. The fourth-order valence-electron chi connectivity index (χ4n) is 1.30. The normalized spacial score (nSPS) is 12.5. The van der Waals surface area contributed by atoms with Crippen LogP contribution >= 0.6 is 0 Å². The largest absolute Gasteiger partial charge is 0.481 e. The second-order valence-corrected chi connectivity index (χ2v) is 3.14. The van der Waals surface area contributed by atoms with Gasteiger partial charge in [0.25, 0.3) is 5.97 Å². The van der Waals surface area contributed by atoms with E-state index in [0.29, 0.717) is 6.42 Å². The maximum Gasteiger partial charge on any atom is 0.300 e. The number of ketones is 1. The first-order chi connectivity index (χ1) is 7.11. The topological polar surface area (TPSA) is 54.4 Å². The molecule has 0 aromatic heterocycles. The van der Waals surface area contributed by atoms with Gasteiger partial charge in [0.1, 0.15) is 0 Å². The van der Waals surface area contributed by atoms with E-state index in [1.165, 1.54) is 0 Å². The molecule has 0 aliphatic heterocycles. The molecule has 1 aromatic rings. The average molecular weight is 204 g/mol. The van der Waals surface area contributed by atoms with Crippen LogP contribution in [0.4, 0.5) is 0 Å². The molecule has 15 heavy (non-hydrogen) atoms. The van der Waals surface area contributed by atoms with E-state index in [0.717, 1.165) is 18.1 Å². The Morgan fingerprint density at radius 1 is 1.33 bits per heavy atom. The molecule has 0 saturated heterocycles. The molecule has 3 heteroatoms. The van der Waals surface area contributed by atoms with Crippen LogP contribution in [0.25, 0.3) is 6.08 Å². The van der Waals surface area contributed by atoms with Crippen molar-refractivity contribution in [1.82, 2.24) is 0 Å². The summed E-state index contributed by atoms with van der Waals surface area (Å²) in [5.74, 6) is -0.608. The van der Waals surface area contributed by atoms with E-state index in [2.05, 4.69) is 0 Å². The monoisotopic (exact) mass is 204 g/mol. The van der Waals surface area contributed by atoms with E-state index in [-0.39, 0.29) is 5.78 Å². The molecule has 3 nitrogen and oxygen atoms in total. The first-order valence-corrected chi connectivity index (χ1v) is 4.59. The smallest absolute Gasteiger partial charge is 0.300 e. The van der Waals surface area contributed by atoms with Gasteiger partial charge in [-0.2, -0.15) is 0 Å². The zero-order chi connectivity index (χ0) is 11.3. The van der Waals surface area contributed by atoms with Crippen LogP contribution in [0.3, 0.4) is 0 Å². The molecule has 0 saturated carbocycles. The molecule has 0 heterocycles. The summed E-state index contributed by atoms with van der Waals surface area (Å²) >= 11 is 0. The van der Waals surface area contributed by atoms with Crippen molar-refractivity contribution < 1.29 is 14.7 Å². The summed E-state index contributed by atoms with van der Waals surface area (Å²) in [6.45, 7) is 1.08. The predicted molar refractivity (Wildman–Crippen MR) is 57.7 cm³/mol. The van der Waals surface area contributed by atoms with E-state index >= 15 is 0 Å². The van der Waals surface area contributed by atoms with Gasteiger partial charge in [-0.1, -0.05) is 36.4 Å². The minimum absolute atomic E-state index is 0.225. The predicted octanol–water partition coefficient (Wildman–Crippen LogP) is 2.38. The zero-order valence-electron chi connectivity index (χ0n) is 8.43. The minimum Gasteiger partial charge on any atom is -0.481 e. The molecule has 0 amide bonds. The fraction of sp³-hybridized carbons (Fsp3) is 0.167. The van der Waals surface area contributed by atoms with Crippen molar-refractivity contribution in [2.45, 2.75) is 13.3 Å². The number of hydrogen-bond donors (Lipinski definition) is 1. The van der Waals surface area contributed by atoms with Crippen molar-refractivity contribution in [2.75, 3.05) is 0 Å². The molecule has 0 atom stereocenters. The van der Waals surface area contributed by atoms with E-state index < -0.39 is 5.97 Å². The summed E-state index contributed by atoms with van der Waals surface area (Å²) < 4.78 is 0. The molecule has 0 bridgehead atoms. The third-order valence-corrected chi connectivity index (χ3v) is 1.86. The van der Waals surface area contributed by atoms with Gasteiger partial charge >= 0.3 is 0 Å². The summed E-state index contributed by atoms with van der Waals surface area (Å²) in [5, 5.41) is 7.42. The van der Waals surface area contributed by atoms with Crippen LogP contribution in [0.1, 0.15) is 29.3 Å². The van der Waals surface area contributed by atoms with Crippen LogP contribution in [0.15, 0.2) is 30.3 Å². The second-order valence-electron chi connectivity index (χ2n) is 3.14. The number of fused-ring (bicyclic) bond motifs is 1. The van der Waals surface area contributed by atoms with E-state index in [9.17, 15) is 4.79 Å². The lowest BCUT2D eigenvalue weighted by Crippen LogP contribution is -2.02. The number of carboxylic acids is 1. The Hall–Kier alpha value is -1.90. The van der Waals surface area contributed by atoms with Gasteiger partial charge in [0.05, 0.1) is 0 Å². The third-order valence-electron chi connectivity index (χ3n) is 1.86. The first kappa shape index (κ1) is 11.2. The van der Waals surface area contributed by atoms with E-state index in [4.69, 9.17) is 9.90 Å². The van der Waals surface area contributed by atoms with Crippen LogP contribution in [0.2, 0.25) is 0 Å². The van der Waals surface area contributed by atoms with Crippen LogP contribution in [0, 0.1) is 0 Å². The third kappa shape index (κ3) is 3.38. The zero-order valence-corrected chi connectivity index (χ0v) is 8.43. The fourth-order valence-corrected chi connectivity index (χ4v) is 1.30. The molecule has 1 aliphatic rings. The Kier molecular flexibility index (Phi) is 3.80. The highest BCUT2D eigenvalue weighted by Crippen LogP contribution is 2.17. The lowest BCUT2D eigenvalue weighted by Gasteiger charge is -2.07. The number of benzene rings is 1. The molecule has 0 fully saturated rings. The maximum atomic E-state index is 11.2. The highest BCUT2D eigenvalue weighted by Gasteiger charge is 2.10. The van der Waals surface area contributed by atoms with Crippen molar-refractivity contribution in [3.05, 3.63) is 41.5 Å². The van der Waals surface area contributed by atoms with Gasteiger partial charge in [-0.15, -0.1) is 0 Å². The highest BCUT2D eigenvalue weighted by atomic mass is 16.4. The lowest BCUT2D eigenvalue weighted by molar-refractivity contribution is -0.134. The number of hydrogen-bond acceptors (Lipinski definition) is 2. The molecule has 78 valence electrons. The van der Waals surface area contributed by atoms with E-state index in [1.54, 1.807) is 0 Å². The number of carboxylic acid groups (broad SMARTS) is 1. The molecule has 1 aromatic carbocycles. The van der Waals surface area contributed by atoms with Gasteiger partial charge in [0.2, 0.25) is 0 Å². The Labute approximate surface area is 88.0 Å². The maximum absolute atomic E-state index is 11.2. The Morgan fingerprint density at radius 3 is 2.53 bits per heavy atom. The minimum atomic E-state index is -0.833. The van der Waals surface area contributed by atoms with Crippen LogP contribution in [-0.4, -0.2) is 16.9 Å². The van der Waals surface area contributed by atoms with Crippen molar-refractivity contribution in [1.29, 1.82) is 0 Å². The average Bonchev–Trinajstić information content (AvgIpc) is 2.18. The molecule has 1 N–H and O–H groups in total. The lowest BCUT2D eigenvalue weighted by atomic mass is 9.97. The van der Waals surface area contributed by atoms with E-state index in [1.807, 2.05) is 36.4 Å². The van der Waals surface area contributed by atoms with Gasteiger partial charge in [-0.3, -0.25) is 9.59 Å². The van der Waals surface area contributed by atoms with Crippen LogP contribution in [-0.2, 0) is 4.79 Å². The number of carbonyl (C=O) groups is 2. The van der Waals surface area contributed by atoms with Crippen molar-refractivity contribution in [3.63, 3.8) is 0 Å². The van der Waals surface area contributed by atoms with Crippen LogP contribution in [0.5, 0.6) is 0 Å². The van der Waals surface area contributed by atoms with Crippen molar-refractivity contribution in [3.8, 4) is 0 Å². The van der Waals surface area contributed by atoms with Gasteiger partial charge in [0, 0.05) is 18.9 Å². The summed E-state index contributed by atoms with van der Waals surface area (Å²) in [5.41, 5.74) is 1.90. The number of aliphatic carboxylic acids is 1. The van der Waals surface area contributed by atoms with Crippen molar-refractivity contribution in [2.24, 2.45) is 0 Å². The SMILES string of the molecule is CC(=O)O.O=C1CC=Cc2ccccc21. The molecule has 0 spiro atoms. The Bertz CT molecular complexity index is 401. The van der Waals surface area contributed by atoms with Gasteiger partial charge in [-0.25, -0.2) is 0 Å². The number of carbonyl (C=O) groups excluding carboxylic acids is 1. The number of Topliss-reactive ketones (excluding diaryl/α,β-unsaturated/α-hetero) is 1. The van der Waals surface area contributed by atoms with Gasteiger partial charge < -0.3 is 5.11 Å². The molecular formula is C12H12O3. The molecule has 1 aliphatic carbocycles. The molecule has 0 radical (unpaired) electrons. The van der Waals surface area contributed by atoms with Gasteiger partial charge in [0.15, 0.2) is 5.78 Å². The summed E-state index contributed by atoms with van der Waals surface area (Å²) in [6, 6.07) is 7.68. The molecule has 2 rings (SSSR count). The quantitative estimate of drug-likeness (QED) is 0.705. The summed E-state index contributed by atoms with van der Waals surface area (Å²) in [7, 11) is 0. The second kappa shape index (κ2) is 5.10. The van der Waals surface area contributed by atoms with Crippen LogP contribution < -0.4 is 0 Å². The summed E-state index contributed by atoms with van der Waals surface area (Å²) in [6.07, 6.45) is 4.46. The highest BCUT2D eigenvalue weighted by molar-refractivity contribution is 6.02.